The number of aromatic nitrogens is 2. The molecule has 31 heavy (non-hydrogen) atoms. The lowest BCUT2D eigenvalue weighted by atomic mass is 9.98. The first-order valence-electron chi connectivity index (χ1n) is 9.59. The molecule has 0 radical (unpaired) electrons. The molecule has 0 aliphatic rings. The number of benzene rings is 2. The number of halogens is 2. The molecule has 7 nitrogen and oxygen atoms in total. The normalized spacial score (nSPS) is 12.6. The highest BCUT2D eigenvalue weighted by Crippen LogP contribution is 2.27. The van der Waals surface area contributed by atoms with Gasteiger partial charge < -0.3 is 10.6 Å². The fourth-order valence-electron chi connectivity index (χ4n) is 2.71. The van der Waals surface area contributed by atoms with Crippen LogP contribution in [0.15, 0.2) is 57.5 Å². The minimum Gasteiger partial charge on any atom is -0.326 e. The van der Waals surface area contributed by atoms with Crippen LogP contribution in [0.1, 0.15) is 20.3 Å². The quantitative estimate of drug-likeness (QED) is 0.331. The van der Waals surface area contributed by atoms with Crippen molar-refractivity contribution < 1.29 is 9.59 Å². The van der Waals surface area contributed by atoms with Crippen LogP contribution in [0.25, 0.3) is 10.6 Å². The summed E-state index contributed by atoms with van der Waals surface area (Å²) in [5, 5.41) is 17.6. The van der Waals surface area contributed by atoms with Gasteiger partial charge in [0, 0.05) is 20.2 Å². The Morgan fingerprint density at radius 3 is 2.19 bits per heavy atom. The first-order valence-corrected chi connectivity index (χ1v) is 12.0. The third-order valence-corrected chi connectivity index (χ3v) is 6.58. The molecule has 1 aromatic heterocycles. The molecule has 2 aromatic carbocycles. The molecule has 1 heterocycles. The van der Waals surface area contributed by atoms with Crippen LogP contribution in [0.3, 0.4) is 0 Å². The zero-order chi connectivity index (χ0) is 22.4. The minimum atomic E-state index is -0.722. The molecule has 3 rings (SSSR count). The number of anilines is 2. The number of hydrogen-bond donors (Lipinski definition) is 3. The van der Waals surface area contributed by atoms with Crippen molar-refractivity contribution in [2.75, 3.05) is 10.6 Å². The number of nitrogens with zero attached hydrogens (tertiary/aromatic N) is 2. The largest absolute Gasteiger partial charge is 0.326 e. The topological polar surface area (TPSA) is 96.0 Å². The van der Waals surface area contributed by atoms with Crippen molar-refractivity contribution in [2.24, 2.45) is 5.92 Å². The van der Waals surface area contributed by atoms with Crippen molar-refractivity contribution in [1.82, 2.24) is 15.5 Å². The highest BCUT2D eigenvalue weighted by molar-refractivity contribution is 9.10. The van der Waals surface area contributed by atoms with E-state index in [0.29, 0.717) is 15.8 Å². The van der Waals surface area contributed by atoms with Crippen LogP contribution in [0, 0.1) is 5.92 Å². The van der Waals surface area contributed by atoms with E-state index in [0.717, 1.165) is 20.9 Å². The molecule has 0 fully saturated rings. The lowest BCUT2D eigenvalue weighted by Crippen LogP contribution is -2.49. The smallest absolute Gasteiger partial charge is 0.319 e. The molecule has 0 aliphatic heterocycles. The van der Waals surface area contributed by atoms with Crippen LogP contribution in [-0.4, -0.2) is 28.2 Å². The van der Waals surface area contributed by atoms with Gasteiger partial charge in [-0.25, -0.2) is 4.79 Å². The predicted octanol–water partition coefficient (Wildman–Crippen LogP) is 5.91. The van der Waals surface area contributed by atoms with Crippen molar-refractivity contribution in [3.8, 4) is 10.6 Å². The van der Waals surface area contributed by atoms with Crippen molar-refractivity contribution in [3.63, 3.8) is 0 Å². The average Bonchev–Trinajstić information content (AvgIpc) is 3.22. The molecule has 0 saturated carbocycles. The van der Waals surface area contributed by atoms with Crippen LogP contribution in [0.2, 0.25) is 0 Å². The van der Waals surface area contributed by atoms with Gasteiger partial charge in [0.25, 0.3) is 0 Å². The molecule has 10 heteroatoms. The lowest BCUT2D eigenvalue weighted by molar-refractivity contribution is -0.119. The van der Waals surface area contributed by atoms with E-state index in [1.54, 1.807) is 12.1 Å². The molecule has 162 valence electrons. The van der Waals surface area contributed by atoms with Gasteiger partial charge >= 0.3 is 6.03 Å². The molecule has 0 bridgehead atoms. The highest BCUT2D eigenvalue weighted by Gasteiger charge is 2.27. The van der Waals surface area contributed by atoms with Crippen molar-refractivity contribution in [1.29, 1.82) is 0 Å². The van der Waals surface area contributed by atoms with Gasteiger partial charge in [-0.1, -0.05) is 75.6 Å². The zero-order valence-corrected chi connectivity index (χ0v) is 20.8. The van der Waals surface area contributed by atoms with Crippen molar-refractivity contribution in [3.05, 3.63) is 57.5 Å². The van der Waals surface area contributed by atoms with Crippen LogP contribution >= 0.6 is 43.2 Å². The third kappa shape index (κ3) is 6.59. The summed E-state index contributed by atoms with van der Waals surface area (Å²) in [7, 11) is 0. The predicted molar refractivity (Wildman–Crippen MR) is 131 cm³/mol. The highest BCUT2D eigenvalue weighted by atomic mass is 79.9. The Bertz CT molecular complexity index is 1040. The van der Waals surface area contributed by atoms with Crippen molar-refractivity contribution in [2.45, 2.75) is 26.3 Å². The second kappa shape index (κ2) is 10.8. The number of urea groups is 1. The first kappa shape index (κ1) is 23.4. The van der Waals surface area contributed by atoms with E-state index in [4.69, 9.17) is 0 Å². The Balaban J connectivity index is 1.66. The van der Waals surface area contributed by atoms with Crippen molar-refractivity contribution >= 4 is 66.0 Å². The van der Waals surface area contributed by atoms with Gasteiger partial charge in [-0.15, -0.1) is 10.2 Å². The molecule has 2 atom stereocenters. The molecule has 0 unspecified atom stereocenters. The molecule has 0 saturated heterocycles. The fraction of sp³-hybridized carbons (Fsp3) is 0.238. The number of nitrogens with one attached hydrogen (secondary N) is 3. The maximum Gasteiger partial charge on any atom is 0.319 e. The van der Waals surface area contributed by atoms with Gasteiger partial charge in [0.05, 0.1) is 0 Å². The van der Waals surface area contributed by atoms with Gasteiger partial charge in [0.2, 0.25) is 11.0 Å². The molecular weight excluding hydrogens is 546 g/mol. The third-order valence-electron chi connectivity index (χ3n) is 4.63. The molecule has 3 amide bonds. The number of rotatable bonds is 7. The summed E-state index contributed by atoms with van der Waals surface area (Å²) in [6.45, 7) is 3.88. The molecule has 0 spiro atoms. The zero-order valence-electron chi connectivity index (χ0n) is 16.9. The number of carbonyl (C=O) groups excluding carboxylic acids is 2. The van der Waals surface area contributed by atoms with Crippen LogP contribution in [0.5, 0.6) is 0 Å². The summed E-state index contributed by atoms with van der Waals surface area (Å²) in [4.78, 5) is 25.4. The second-order valence-electron chi connectivity index (χ2n) is 6.88. The molecule has 3 aromatic rings. The monoisotopic (exact) mass is 565 g/mol. The Morgan fingerprint density at radius 2 is 1.58 bits per heavy atom. The Kier molecular flexibility index (Phi) is 8.16. The fourth-order valence-corrected chi connectivity index (χ4v) is 3.99. The Hall–Kier alpha value is -2.30. The van der Waals surface area contributed by atoms with Gasteiger partial charge in [-0.3, -0.25) is 10.1 Å². The van der Waals surface area contributed by atoms with Gasteiger partial charge in [-0.05, 0) is 42.3 Å². The summed E-state index contributed by atoms with van der Waals surface area (Å²) < 4.78 is 1.88. The van der Waals surface area contributed by atoms with E-state index < -0.39 is 12.1 Å². The number of carbonyl (C=O) groups is 2. The van der Waals surface area contributed by atoms with Gasteiger partial charge in [0.1, 0.15) is 11.0 Å². The van der Waals surface area contributed by atoms with E-state index in [2.05, 4.69) is 58.0 Å². The van der Waals surface area contributed by atoms with E-state index >= 15 is 0 Å². The van der Waals surface area contributed by atoms with E-state index in [1.165, 1.54) is 11.3 Å². The van der Waals surface area contributed by atoms with Gasteiger partial charge in [-0.2, -0.15) is 0 Å². The average molecular weight is 567 g/mol. The SMILES string of the molecule is CC[C@@H](C)[C@@H](NC(=O)Nc1ccc(Br)cc1)C(=O)Nc1nnc(-c2ccc(Br)cc2)s1. The number of hydrogen-bond acceptors (Lipinski definition) is 5. The summed E-state index contributed by atoms with van der Waals surface area (Å²) in [5.41, 5.74) is 1.54. The summed E-state index contributed by atoms with van der Waals surface area (Å²) in [5.74, 6) is -0.409. The summed E-state index contributed by atoms with van der Waals surface area (Å²) in [6, 6.07) is 13.7. The molecular formula is C21H21Br2N5O2S. The Morgan fingerprint density at radius 1 is 0.968 bits per heavy atom. The summed E-state index contributed by atoms with van der Waals surface area (Å²) in [6.07, 6.45) is 0.719. The Labute approximate surface area is 201 Å². The van der Waals surface area contributed by atoms with Crippen LogP contribution in [0.4, 0.5) is 15.6 Å². The second-order valence-corrected chi connectivity index (χ2v) is 9.69. The maximum atomic E-state index is 12.9. The molecule has 3 N–H and O–H groups in total. The van der Waals surface area contributed by atoms with Crippen LogP contribution < -0.4 is 16.0 Å². The maximum absolute atomic E-state index is 12.9. The number of amides is 3. The minimum absolute atomic E-state index is 0.0745. The van der Waals surface area contributed by atoms with E-state index in [-0.39, 0.29) is 11.8 Å². The van der Waals surface area contributed by atoms with E-state index in [1.807, 2.05) is 50.2 Å². The van der Waals surface area contributed by atoms with Crippen LogP contribution in [-0.2, 0) is 4.79 Å². The lowest BCUT2D eigenvalue weighted by Gasteiger charge is -2.23. The first-order chi connectivity index (χ1) is 14.9. The molecule has 0 aliphatic carbocycles. The van der Waals surface area contributed by atoms with E-state index in [9.17, 15) is 9.59 Å². The summed E-state index contributed by atoms with van der Waals surface area (Å²) >= 11 is 8.04. The standard InChI is InChI=1S/C21H21Br2N5O2S/c1-3-12(2)17(25-20(30)24-16-10-8-15(23)9-11-16)18(29)26-21-28-27-19(31-21)13-4-6-14(22)7-5-13/h4-12,17H,3H2,1-2H3,(H2,24,25,30)(H,26,28,29)/t12-,17-/m1/s1. The van der Waals surface area contributed by atoms with Gasteiger partial charge in [0.15, 0.2) is 0 Å².